The fourth-order valence-corrected chi connectivity index (χ4v) is 2.21. The molecular weight excluding hydrogens is 320 g/mol. The van der Waals surface area contributed by atoms with Gasteiger partial charge in [-0.05, 0) is 41.1 Å². The van der Waals surface area contributed by atoms with Crippen LogP contribution in [0.5, 0.6) is 0 Å². The molecular formula is C12H10BrClN2O2. The normalized spacial score (nSPS) is 10.4. The van der Waals surface area contributed by atoms with Crippen molar-refractivity contribution in [3.63, 3.8) is 0 Å². The van der Waals surface area contributed by atoms with Gasteiger partial charge in [0.05, 0.1) is 18.5 Å². The maximum Gasteiger partial charge on any atom is 0.342 e. The standard InChI is InChI=1S/C12H10BrClN2O2/c1-2-18-12(17)10-7-15-16(11(10)13)9-5-3-4-8(14)6-9/h3-7H,2H2,1H3. The smallest absolute Gasteiger partial charge is 0.342 e. The van der Waals surface area contributed by atoms with Gasteiger partial charge in [0.2, 0.25) is 0 Å². The predicted molar refractivity (Wildman–Crippen MR) is 72.2 cm³/mol. The Kier molecular flexibility index (Phi) is 4.04. The second-order valence-electron chi connectivity index (χ2n) is 3.46. The Labute approximate surface area is 118 Å². The van der Waals surface area contributed by atoms with Gasteiger partial charge in [0.1, 0.15) is 10.2 Å². The van der Waals surface area contributed by atoms with E-state index < -0.39 is 5.97 Å². The molecule has 1 aromatic carbocycles. The number of esters is 1. The first-order chi connectivity index (χ1) is 8.63. The van der Waals surface area contributed by atoms with Crippen molar-refractivity contribution < 1.29 is 9.53 Å². The summed E-state index contributed by atoms with van der Waals surface area (Å²) in [5, 5.41) is 4.74. The van der Waals surface area contributed by atoms with Crippen LogP contribution in [-0.4, -0.2) is 22.4 Å². The van der Waals surface area contributed by atoms with Gasteiger partial charge in [0.15, 0.2) is 0 Å². The van der Waals surface area contributed by atoms with E-state index in [1.54, 1.807) is 23.7 Å². The molecule has 1 heterocycles. The second-order valence-corrected chi connectivity index (χ2v) is 4.65. The van der Waals surface area contributed by atoms with Gasteiger partial charge in [-0.25, -0.2) is 9.48 Å². The number of ether oxygens (including phenoxy) is 1. The molecule has 2 aromatic rings. The molecule has 0 spiro atoms. The first-order valence-corrected chi connectivity index (χ1v) is 6.47. The zero-order chi connectivity index (χ0) is 13.1. The Hall–Kier alpha value is -1.33. The van der Waals surface area contributed by atoms with Crippen molar-refractivity contribution in [2.24, 2.45) is 0 Å². The minimum Gasteiger partial charge on any atom is -0.462 e. The summed E-state index contributed by atoms with van der Waals surface area (Å²) in [6.45, 7) is 2.08. The largest absolute Gasteiger partial charge is 0.462 e. The fraction of sp³-hybridized carbons (Fsp3) is 0.167. The fourth-order valence-electron chi connectivity index (χ4n) is 1.47. The predicted octanol–water partition coefficient (Wildman–Crippen LogP) is 3.46. The van der Waals surface area contributed by atoms with E-state index in [1.165, 1.54) is 6.20 Å². The van der Waals surface area contributed by atoms with Crippen LogP contribution in [0.15, 0.2) is 35.1 Å². The molecule has 0 aliphatic carbocycles. The number of nitrogens with zero attached hydrogens (tertiary/aromatic N) is 2. The summed E-state index contributed by atoms with van der Waals surface area (Å²) in [6.07, 6.45) is 1.46. The zero-order valence-electron chi connectivity index (χ0n) is 9.56. The molecule has 0 bridgehead atoms. The van der Waals surface area contributed by atoms with Gasteiger partial charge < -0.3 is 4.74 Å². The second kappa shape index (κ2) is 5.54. The summed E-state index contributed by atoms with van der Waals surface area (Å²) in [6, 6.07) is 7.19. The Morgan fingerprint density at radius 3 is 3.00 bits per heavy atom. The highest BCUT2D eigenvalue weighted by atomic mass is 79.9. The van der Waals surface area contributed by atoms with E-state index in [9.17, 15) is 4.79 Å². The van der Waals surface area contributed by atoms with Gasteiger partial charge in [-0.1, -0.05) is 17.7 Å². The van der Waals surface area contributed by atoms with Crippen molar-refractivity contribution in [3.05, 3.63) is 45.7 Å². The molecule has 0 atom stereocenters. The van der Waals surface area contributed by atoms with Crippen LogP contribution in [0, 0.1) is 0 Å². The SMILES string of the molecule is CCOC(=O)c1cnn(-c2cccc(Cl)c2)c1Br. The van der Waals surface area contributed by atoms with Crippen molar-refractivity contribution in [1.29, 1.82) is 0 Å². The Bertz CT molecular complexity index is 583. The molecule has 0 unspecified atom stereocenters. The van der Waals surface area contributed by atoms with Crippen LogP contribution in [0.25, 0.3) is 5.69 Å². The maximum atomic E-state index is 11.6. The monoisotopic (exact) mass is 328 g/mol. The molecule has 6 heteroatoms. The molecule has 0 N–H and O–H groups in total. The lowest BCUT2D eigenvalue weighted by Crippen LogP contribution is -2.05. The average molecular weight is 330 g/mol. The van der Waals surface area contributed by atoms with Crippen LogP contribution in [-0.2, 0) is 4.74 Å². The van der Waals surface area contributed by atoms with Crippen molar-refractivity contribution in [1.82, 2.24) is 9.78 Å². The maximum absolute atomic E-state index is 11.6. The van der Waals surface area contributed by atoms with Crippen molar-refractivity contribution in [2.45, 2.75) is 6.92 Å². The molecule has 18 heavy (non-hydrogen) atoms. The molecule has 0 aliphatic rings. The van der Waals surface area contributed by atoms with Gasteiger partial charge in [0.25, 0.3) is 0 Å². The van der Waals surface area contributed by atoms with Crippen LogP contribution in [0.2, 0.25) is 5.02 Å². The average Bonchev–Trinajstić information content (AvgIpc) is 2.71. The molecule has 1 aromatic heterocycles. The van der Waals surface area contributed by atoms with Crippen LogP contribution in [0.3, 0.4) is 0 Å². The van der Waals surface area contributed by atoms with Gasteiger partial charge in [-0.15, -0.1) is 0 Å². The molecule has 94 valence electrons. The van der Waals surface area contributed by atoms with Gasteiger partial charge in [-0.2, -0.15) is 5.10 Å². The summed E-state index contributed by atoms with van der Waals surface area (Å²) in [4.78, 5) is 11.6. The van der Waals surface area contributed by atoms with E-state index >= 15 is 0 Å². The van der Waals surface area contributed by atoms with E-state index in [-0.39, 0.29) is 0 Å². The number of hydrogen-bond donors (Lipinski definition) is 0. The van der Waals surface area contributed by atoms with E-state index in [0.717, 1.165) is 5.69 Å². The molecule has 0 saturated heterocycles. The topological polar surface area (TPSA) is 44.1 Å². The molecule has 4 nitrogen and oxygen atoms in total. The first-order valence-electron chi connectivity index (χ1n) is 5.30. The van der Waals surface area contributed by atoms with Crippen LogP contribution in [0.1, 0.15) is 17.3 Å². The van der Waals surface area contributed by atoms with E-state index in [4.69, 9.17) is 16.3 Å². The van der Waals surface area contributed by atoms with Gasteiger partial charge >= 0.3 is 5.97 Å². The Morgan fingerprint density at radius 2 is 2.33 bits per heavy atom. The number of benzene rings is 1. The highest BCUT2D eigenvalue weighted by Crippen LogP contribution is 2.23. The third kappa shape index (κ3) is 2.57. The number of carbonyl (C=O) groups excluding carboxylic acids is 1. The number of carbonyl (C=O) groups is 1. The lowest BCUT2D eigenvalue weighted by atomic mass is 10.3. The highest BCUT2D eigenvalue weighted by molar-refractivity contribution is 9.10. The van der Waals surface area contributed by atoms with E-state index in [1.807, 2.05) is 12.1 Å². The van der Waals surface area contributed by atoms with Crippen molar-refractivity contribution >= 4 is 33.5 Å². The van der Waals surface area contributed by atoms with E-state index in [2.05, 4.69) is 21.0 Å². The van der Waals surface area contributed by atoms with Crippen LogP contribution >= 0.6 is 27.5 Å². The summed E-state index contributed by atoms with van der Waals surface area (Å²) in [5.41, 5.74) is 1.15. The molecule has 0 amide bonds. The summed E-state index contributed by atoms with van der Waals surface area (Å²) in [7, 11) is 0. The van der Waals surface area contributed by atoms with Crippen LogP contribution < -0.4 is 0 Å². The number of aromatic nitrogens is 2. The lowest BCUT2D eigenvalue weighted by Gasteiger charge is -2.04. The minimum absolute atomic E-state index is 0.327. The Morgan fingerprint density at radius 1 is 1.56 bits per heavy atom. The van der Waals surface area contributed by atoms with Gasteiger partial charge in [0, 0.05) is 5.02 Å². The highest BCUT2D eigenvalue weighted by Gasteiger charge is 2.17. The van der Waals surface area contributed by atoms with Crippen molar-refractivity contribution in [2.75, 3.05) is 6.61 Å². The molecule has 2 rings (SSSR count). The third-order valence-electron chi connectivity index (χ3n) is 2.26. The summed E-state index contributed by atoms with van der Waals surface area (Å²) < 4.78 is 7.06. The van der Waals surface area contributed by atoms with Gasteiger partial charge in [-0.3, -0.25) is 0 Å². The summed E-state index contributed by atoms with van der Waals surface area (Å²) in [5.74, 6) is -0.405. The molecule has 0 radical (unpaired) electrons. The third-order valence-corrected chi connectivity index (χ3v) is 3.26. The zero-order valence-corrected chi connectivity index (χ0v) is 11.9. The number of halogens is 2. The molecule has 0 saturated carbocycles. The summed E-state index contributed by atoms with van der Waals surface area (Å²) >= 11 is 9.26. The first kappa shape index (κ1) is 13.1. The lowest BCUT2D eigenvalue weighted by molar-refractivity contribution is 0.0525. The van der Waals surface area contributed by atoms with E-state index in [0.29, 0.717) is 21.8 Å². The van der Waals surface area contributed by atoms with Crippen molar-refractivity contribution in [3.8, 4) is 5.69 Å². The molecule has 0 fully saturated rings. The Balaban J connectivity index is 2.39. The number of hydrogen-bond acceptors (Lipinski definition) is 3. The number of rotatable bonds is 3. The van der Waals surface area contributed by atoms with Crippen LogP contribution in [0.4, 0.5) is 0 Å². The quantitative estimate of drug-likeness (QED) is 0.810. The molecule has 0 aliphatic heterocycles. The minimum atomic E-state index is -0.405.